The quantitative estimate of drug-likeness (QED) is 0.575. The van der Waals surface area contributed by atoms with E-state index in [1.807, 2.05) is 4.72 Å². The molecule has 0 aliphatic rings. The van der Waals surface area contributed by atoms with Gasteiger partial charge in [-0.1, -0.05) is 0 Å². The molecule has 0 unspecified atom stereocenters. The van der Waals surface area contributed by atoms with Gasteiger partial charge in [0.05, 0.1) is 0 Å². The molecule has 0 heterocycles. The van der Waals surface area contributed by atoms with Gasteiger partial charge in [-0.25, -0.2) is 13.1 Å². The Kier molecular flexibility index (Phi) is 4.83. The Morgan fingerprint density at radius 2 is 1.93 bits per heavy atom. The molecule has 0 saturated carbocycles. The van der Waals surface area contributed by atoms with Crippen LogP contribution in [0, 0.1) is 0 Å². The lowest BCUT2D eigenvalue weighted by atomic mass is 10.2. The molecular weight excluding hydrogens is 230 g/mol. The zero-order valence-corrected chi connectivity index (χ0v) is 9.91. The van der Waals surface area contributed by atoms with Crippen molar-refractivity contribution in [1.29, 1.82) is 0 Å². The van der Waals surface area contributed by atoms with E-state index in [4.69, 9.17) is 16.3 Å². The van der Waals surface area contributed by atoms with Crippen LogP contribution in [0.2, 0.25) is 0 Å². The van der Waals surface area contributed by atoms with Crippen LogP contribution in [0.15, 0.2) is 0 Å². The van der Waals surface area contributed by atoms with E-state index in [0.717, 1.165) is 0 Å². The van der Waals surface area contributed by atoms with Gasteiger partial charge in [-0.3, -0.25) is 4.79 Å². The van der Waals surface area contributed by atoms with E-state index >= 15 is 0 Å². The fraction of sp³-hybridized carbons (Fsp3) is 0.857. The van der Waals surface area contributed by atoms with Crippen molar-refractivity contribution < 1.29 is 17.9 Å². The van der Waals surface area contributed by atoms with Gasteiger partial charge in [0, 0.05) is 0 Å². The minimum absolute atomic E-state index is 0.397. The molecule has 0 radical (unpaired) electrons. The summed E-state index contributed by atoms with van der Waals surface area (Å²) in [6.07, 6.45) is 0. The summed E-state index contributed by atoms with van der Waals surface area (Å²) in [6.45, 7) is 4.69. The van der Waals surface area contributed by atoms with E-state index in [9.17, 15) is 13.2 Å². The molecule has 0 aliphatic carbocycles. The maximum Gasteiger partial charge on any atom is 0.321 e. The number of alkyl halides is 1. The molecule has 0 bridgehead atoms. The van der Waals surface area contributed by atoms with Crippen LogP contribution in [0.25, 0.3) is 0 Å². The first-order valence-electron chi connectivity index (χ1n) is 3.91. The lowest BCUT2D eigenvalue weighted by molar-refractivity contribution is -0.153. The van der Waals surface area contributed by atoms with Crippen molar-refractivity contribution in [3.63, 3.8) is 0 Å². The highest BCUT2D eigenvalue weighted by molar-refractivity contribution is 7.90. The Morgan fingerprint density at radius 1 is 1.43 bits per heavy atom. The summed E-state index contributed by atoms with van der Waals surface area (Å²) in [5.74, 6) is -0.633. The first kappa shape index (κ1) is 13.7. The van der Waals surface area contributed by atoms with E-state index in [0.29, 0.717) is 0 Å². The van der Waals surface area contributed by atoms with Crippen LogP contribution in [0.3, 0.4) is 0 Å². The second-order valence-corrected chi connectivity index (χ2v) is 6.02. The van der Waals surface area contributed by atoms with Crippen LogP contribution in [-0.2, 0) is 19.6 Å². The molecule has 0 rings (SSSR count). The van der Waals surface area contributed by atoms with Crippen molar-refractivity contribution in [2.75, 3.05) is 11.8 Å². The molecule has 0 amide bonds. The van der Waals surface area contributed by atoms with Gasteiger partial charge in [0.1, 0.15) is 17.4 Å². The van der Waals surface area contributed by atoms with Crippen molar-refractivity contribution in [2.24, 2.45) is 0 Å². The minimum Gasteiger partial charge on any atom is -0.459 e. The van der Waals surface area contributed by atoms with Crippen molar-refractivity contribution in [2.45, 2.75) is 26.4 Å². The summed E-state index contributed by atoms with van der Waals surface area (Å²) >= 11 is 5.11. The van der Waals surface area contributed by atoms with E-state index in [2.05, 4.69) is 0 Å². The van der Waals surface area contributed by atoms with Gasteiger partial charge in [0.2, 0.25) is 10.0 Å². The molecule has 0 saturated heterocycles. The van der Waals surface area contributed by atoms with Gasteiger partial charge in [-0.2, -0.15) is 0 Å². The monoisotopic (exact) mass is 243 g/mol. The van der Waals surface area contributed by atoms with Crippen LogP contribution in [0.4, 0.5) is 0 Å². The summed E-state index contributed by atoms with van der Waals surface area (Å²) in [7, 11) is -3.56. The van der Waals surface area contributed by atoms with E-state index < -0.39 is 33.4 Å². The van der Waals surface area contributed by atoms with Crippen molar-refractivity contribution in [1.82, 2.24) is 4.72 Å². The van der Waals surface area contributed by atoms with E-state index in [1.165, 1.54) is 0 Å². The number of carbonyl (C=O) groups is 1. The average Bonchev–Trinajstić information content (AvgIpc) is 1.98. The molecule has 1 N–H and O–H groups in total. The van der Waals surface area contributed by atoms with Crippen molar-refractivity contribution in [3.05, 3.63) is 0 Å². The van der Waals surface area contributed by atoms with Gasteiger partial charge in [-0.05, 0) is 20.8 Å². The average molecular weight is 244 g/mol. The highest BCUT2D eigenvalue weighted by atomic mass is 35.5. The van der Waals surface area contributed by atoms with Crippen LogP contribution in [-0.4, -0.2) is 31.7 Å². The number of halogens is 1. The fourth-order valence-electron chi connectivity index (χ4n) is 0.585. The van der Waals surface area contributed by atoms with Crippen molar-refractivity contribution >= 4 is 27.6 Å². The second-order valence-electron chi connectivity index (χ2n) is 3.63. The summed E-state index contributed by atoms with van der Waals surface area (Å²) in [5, 5.41) is -0.574. The summed E-state index contributed by atoms with van der Waals surface area (Å²) in [6, 6.07) is 0. The number of nitrogens with one attached hydrogen (secondary N) is 1. The Labute approximate surface area is 88.8 Å². The lowest BCUT2D eigenvalue weighted by Gasteiger charge is -2.19. The van der Waals surface area contributed by atoms with Crippen molar-refractivity contribution in [3.8, 4) is 0 Å². The van der Waals surface area contributed by atoms with E-state index in [-0.39, 0.29) is 0 Å². The van der Waals surface area contributed by atoms with Gasteiger partial charge in [-0.15, -0.1) is 11.6 Å². The van der Waals surface area contributed by atoms with Gasteiger partial charge in [0.25, 0.3) is 0 Å². The lowest BCUT2D eigenvalue weighted by Crippen LogP contribution is -2.35. The summed E-state index contributed by atoms with van der Waals surface area (Å²) in [4.78, 5) is 11.0. The van der Waals surface area contributed by atoms with Crippen LogP contribution >= 0.6 is 11.6 Å². The number of carbonyl (C=O) groups excluding carboxylic acids is 1. The molecule has 0 aromatic heterocycles. The maximum absolute atomic E-state index is 11.0. The standard InChI is InChI=1S/C7H14ClNO4S/c1-7(2,3)13-6(10)4-9-14(11,12)5-8/h9H,4-5H2,1-3H3. The number of esters is 1. The first-order valence-corrected chi connectivity index (χ1v) is 6.10. The van der Waals surface area contributed by atoms with Gasteiger partial charge >= 0.3 is 5.97 Å². The Morgan fingerprint density at radius 3 is 2.29 bits per heavy atom. The molecule has 0 atom stereocenters. The molecule has 84 valence electrons. The number of hydrogen-bond acceptors (Lipinski definition) is 4. The smallest absolute Gasteiger partial charge is 0.321 e. The molecule has 0 aliphatic heterocycles. The SMILES string of the molecule is CC(C)(C)OC(=O)CNS(=O)(=O)CCl. The molecule has 14 heavy (non-hydrogen) atoms. The van der Waals surface area contributed by atoms with Crippen LogP contribution in [0.1, 0.15) is 20.8 Å². The fourth-order valence-corrected chi connectivity index (χ4v) is 1.23. The molecule has 5 nitrogen and oxygen atoms in total. The molecule has 7 heteroatoms. The predicted molar refractivity (Wildman–Crippen MR) is 53.5 cm³/mol. The van der Waals surface area contributed by atoms with Gasteiger partial charge < -0.3 is 4.74 Å². The topological polar surface area (TPSA) is 72.5 Å². The van der Waals surface area contributed by atoms with Crippen LogP contribution in [0.5, 0.6) is 0 Å². The first-order chi connectivity index (χ1) is 6.16. The number of sulfonamides is 1. The van der Waals surface area contributed by atoms with Crippen LogP contribution < -0.4 is 4.72 Å². The predicted octanol–water partition coefficient (Wildman–Crippen LogP) is 0.444. The molecular formula is C7H14ClNO4S. The normalized spacial score (nSPS) is 12.6. The number of rotatable bonds is 4. The zero-order valence-electron chi connectivity index (χ0n) is 8.33. The number of ether oxygens (including phenoxy) is 1. The maximum atomic E-state index is 11.0. The minimum atomic E-state index is -3.56. The highest BCUT2D eigenvalue weighted by Gasteiger charge is 2.17. The van der Waals surface area contributed by atoms with E-state index in [1.54, 1.807) is 20.8 Å². The molecule has 0 aromatic rings. The second kappa shape index (κ2) is 4.95. The van der Waals surface area contributed by atoms with Gasteiger partial charge in [0.15, 0.2) is 0 Å². The Bertz CT molecular complexity index is 293. The third-order valence-corrected chi connectivity index (χ3v) is 2.73. The number of hydrogen-bond donors (Lipinski definition) is 1. The summed E-state index contributed by atoms with van der Waals surface area (Å²) in [5.41, 5.74) is -0.622. The molecule has 0 fully saturated rings. The largest absolute Gasteiger partial charge is 0.459 e. The zero-order chi connectivity index (χ0) is 11.4. The molecule has 0 aromatic carbocycles. The Balaban J connectivity index is 4.00. The third kappa shape index (κ3) is 7.11. The highest BCUT2D eigenvalue weighted by Crippen LogP contribution is 2.06. The summed E-state index contributed by atoms with van der Waals surface area (Å²) < 4.78 is 28.5. The third-order valence-electron chi connectivity index (χ3n) is 1.00. The Hall–Kier alpha value is -0.330. The molecule has 0 spiro atoms.